The van der Waals surface area contributed by atoms with Crippen LogP contribution in [0.2, 0.25) is 0 Å². The summed E-state index contributed by atoms with van der Waals surface area (Å²) < 4.78 is 0. The maximum absolute atomic E-state index is 10.7. The van der Waals surface area contributed by atoms with Gasteiger partial charge in [-0.05, 0) is 6.42 Å². The molecule has 2 N–H and O–H groups in total. The van der Waals surface area contributed by atoms with Crippen molar-refractivity contribution in [3.8, 4) is 6.19 Å². The largest absolute Gasteiger partial charge is 0.481 e. The van der Waals surface area contributed by atoms with Crippen molar-refractivity contribution in [3.63, 3.8) is 0 Å². The van der Waals surface area contributed by atoms with Gasteiger partial charge in [-0.3, -0.25) is 14.9 Å². The van der Waals surface area contributed by atoms with Crippen LogP contribution in [0.3, 0.4) is 0 Å². The number of carbonyl (C=O) groups is 2. The van der Waals surface area contributed by atoms with E-state index in [-0.39, 0.29) is 0 Å². The molecular formula is C6H6N2O3. The Kier molecular flexibility index (Phi) is 1.77. The monoisotopic (exact) mass is 154 g/mol. The van der Waals surface area contributed by atoms with Crippen LogP contribution >= 0.6 is 0 Å². The molecule has 0 heterocycles. The first-order valence-electron chi connectivity index (χ1n) is 3.08. The topological polar surface area (TPSA) is 90.2 Å². The molecule has 1 saturated carbocycles. The van der Waals surface area contributed by atoms with Gasteiger partial charge in [-0.1, -0.05) is 0 Å². The Labute approximate surface area is 62.6 Å². The van der Waals surface area contributed by atoms with Gasteiger partial charge in [-0.2, -0.15) is 5.26 Å². The number of carbonyl (C=O) groups excluding carboxylic acids is 1. The molecule has 5 nitrogen and oxygen atoms in total. The summed E-state index contributed by atoms with van der Waals surface area (Å²) in [4.78, 5) is 20.9. The van der Waals surface area contributed by atoms with Crippen molar-refractivity contribution in [3.05, 3.63) is 0 Å². The van der Waals surface area contributed by atoms with E-state index in [4.69, 9.17) is 10.4 Å². The Bertz CT molecular complexity index is 243. The number of rotatable bonds is 2. The van der Waals surface area contributed by atoms with Crippen LogP contribution in [0, 0.1) is 23.3 Å². The lowest BCUT2D eigenvalue weighted by molar-refractivity contribution is -0.140. The van der Waals surface area contributed by atoms with Gasteiger partial charge in [-0.15, -0.1) is 0 Å². The first-order chi connectivity index (χ1) is 5.16. The van der Waals surface area contributed by atoms with E-state index >= 15 is 0 Å². The molecule has 0 unspecified atom stereocenters. The molecule has 0 spiro atoms. The third-order valence-electron chi connectivity index (χ3n) is 1.62. The normalized spacial score (nSPS) is 26.8. The maximum atomic E-state index is 10.7. The lowest BCUT2D eigenvalue weighted by atomic mass is 10.3. The van der Waals surface area contributed by atoms with E-state index in [2.05, 4.69) is 0 Å². The third kappa shape index (κ3) is 1.46. The number of nitriles is 1. The SMILES string of the molecule is N#CNC(=O)[C@@H]1C[C@@H]1C(=O)O. The lowest BCUT2D eigenvalue weighted by Gasteiger charge is -1.90. The highest BCUT2D eigenvalue weighted by Gasteiger charge is 2.48. The van der Waals surface area contributed by atoms with Crippen LogP contribution in [0.4, 0.5) is 0 Å². The quantitative estimate of drug-likeness (QED) is 0.406. The minimum absolute atomic E-state index is 0.350. The fourth-order valence-corrected chi connectivity index (χ4v) is 0.905. The Balaban J connectivity index is 2.39. The lowest BCUT2D eigenvalue weighted by Crippen LogP contribution is -2.21. The zero-order valence-corrected chi connectivity index (χ0v) is 5.57. The van der Waals surface area contributed by atoms with Gasteiger partial charge >= 0.3 is 5.97 Å². The molecule has 58 valence electrons. The maximum Gasteiger partial charge on any atom is 0.307 e. The van der Waals surface area contributed by atoms with E-state index < -0.39 is 23.7 Å². The molecule has 11 heavy (non-hydrogen) atoms. The predicted octanol–water partition coefficient (Wildman–Crippen LogP) is -0.696. The number of amides is 1. The van der Waals surface area contributed by atoms with Crippen molar-refractivity contribution < 1.29 is 14.7 Å². The van der Waals surface area contributed by atoms with E-state index in [1.165, 1.54) is 6.19 Å². The van der Waals surface area contributed by atoms with E-state index in [0.29, 0.717) is 6.42 Å². The molecule has 0 saturated heterocycles. The van der Waals surface area contributed by atoms with Crippen LogP contribution in [0.25, 0.3) is 0 Å². The summed E-state index contributed by atoms with van der Waals surface area (Å²) in [7, 11) is 0. The summed E-state index contributed by atoms with van der Waals surface area (Å²) in [5.74, 6) is -2.53. The van der Waals surface area contributed by atoms with Crippen LogP contribution in [0.15, 0.2) is 0 Å². The number of carboxylic acid groups (broad SMARTS) is 1. The van der Waals surface area contributed by atoms with Crippen LogP contribution < -0.4 is 5.32 Å². The highest BCUT2D eigenvalue weighted by atomic mass is 16.4. The number of carboxylic acids is 1. The molecule has 0 bridgehead atoms. The molecule has 0 radical (unpaired) electrons. The zero-order valence-electron chi connectivity index (χ0n) is 5.57. The molecule has 2 atom stereocenters. The molecule has 1 amide bonds. The van der Waals surface area contributed by atoms with E-state index in [9.17, 15) is 9.59 Å². The number of aliphatic carboxylic acids is 1. The van der Waals surface area contributed by atoms with Crippen LogP contribution in [-0.4, -0.2) is 17.0 Å². The smallest absolute Gasteiger partial charge is 0.307 e. The molecule has 5 heteroatoms. The van der Waals surface area contributed by atoms with E-state index in [0.717, 1.165) is 0 Å². The second-order valence-electron chi connectivity index (χ2n) is 2.39. The van der Waals surface area contributed by atoms with Crippen molar-refractivity contribution in [2.24, 2.45) is 11.8 Å². The molecule has 1 aliphatic carbocycles. The van der Waals surface area contributed by atoms with Gasteiger partial charge in [0.1, 0.15) is 0 Å². The summed E-state index contributed by atoms with van der Waals surface area (Å²) in [5, 5.41) is 18.3. The number of hydrogen-bond acceptors (Lipinski definition) is 3. The van der Waals surface area contributed by atoms with Gasteiger partial charge in [0.25, 0.3) is 0 Å². The van der Waals surface area contributed by atoms with E-state index in [1.54, 1.807) is 0 Å². The van der Waals surface area contributed by atoms with Crippen LogP contribution in [0.5, 0.6) is 0 Å². The second-order valence-corrected chi connectivity index (χ2v) is 2.39. The second kappa shape index (κ2) is 2.58. The average molecular weight is 154 g/mol. The first-order valence-corrected chi connectivity index (χ1v) is 3.08. The van der Waals surface area contributed by atoms with Crippen LogP contribution in [0.1, 0.15) is 6.42 Å². The van der Waals surface area contributed by atoms with Crippen molar-refractivity contribution in [1.29, 1.82) is 5.26 Å². The molecule has 0 aromatic carbocycles. The Morgan fingerprint density at radius 3 is 2.55 bits per heavy atom. The van der Waals surface area contributed by atoms with Gasteiger partial charge in [-0.25, -0.2) is 0 Å². The minimum Gasteiger partial charge on any atom is -0.481 e. The summed E-state index contributed by atoms with van der Waals surface area (Å²) in [6, 6.07) is 0. The van der Waals surface area contributed by atoms with Gasteiger partial charge in [0.2, 0.25) is 5.91 Å². The Morgan fingerprint density at radius 2 is 2.18 bits per heavy atom. The number of nitrogens with one attached hydrogen (secondary N) is 1. The fourth-order valence-electron chi connectivity index (χ4n) is 0.905. The average Bonchev–Trinajstić information content (AvgIpc) is 2.65. The molecule has 1 fully saturated rings. The zero-order chi connectivity index (χ0) is 8.43. The number of nitrogens with zero attached hydrogens (tertiary/aromatic N) is 1. The van der Waals surface area contributed by atoms with Crippen molar-refractivity contribution in [2.45, 2.75) is 6.42 Å². The predicted molar refractivity (Wildman–Crippen MR) is 33.0 cm³/mol. The molecule has 1 rings (SSSR count). The van der Waals surface area contributed by atoms with Gasteiger partial charge < -0.3 is 5.11 Å². The summed E-state index contributed by atoms with van der Waals surface area (Å²) >= 11 is 0. The molecule has 1 aliphatic rings. The first kappa shape index (κ1) is 7.54. The fraction of sp³-hybridized carbons (Fsp3) is 0.500. The highest BCUT2D eigenvalue weighted by molar-refractivity contribution is 5.90. The highest BCUT2D eigenvalue weighted by Crippen LogP contribution is 2.38. The Morgan fingerprint density at radius 1 is 1.55 bits per heavy atom. The standard InChI is InChI=1S/C6H6N2O3/c7-2-8-5(9)3-1-4(3)6(10)11/h3-4H,1H2,(H,8,9)(H,10,11)/t3-,4+/m1/s1. The molecule has 0 aromatic heterocycles. The summed E-state index contributed by atoms with van der Waals surface area (Å²) in [6.45, 7) is 0. The minimum atomic E-state index is -0.969. The summed E-state index contributed by atoms with van der Waals surface area (Å²) in [5.41, 5.74) is 0. The van der Waals surface area contributed by atoms with Gasteiger partial charge in [0, 0.05) is 0 Å². The van der Waals surface area contributed by atoms with Gasteiger partial charge in [0.05, 0.1) is 11.8 Å². The molecular weight excluding hydrogens is 148 g/mol. The van der Waals surface area contributed by atoms with Crippen LogP contribution in [-0.2, 0) is 9.59 Å². The molecule has 0 aliphatic heterocycles. The Hall–Kier alpha value is -1.57. The van der Waals surface area contributed by atoms with Crippen molar-refractivity contribution >= 4 is 11.9 Å². The number of hydrogen-bond donors (Lipinski definition) is 2. The van der Waals surface area contributed by atoms with E-state index in [1.807, 2.05) is 5.32 Å². The van der Waals surface area contributed by atoms with Crippen molar-refractivity contribution in [2.75, 3.05) is 0 Å². The third-order valence-corrected chi connectivity index (χ3v) is 1.62. The van der Waals surface area contributed by atoms with Gasteiger partial charge in [0.15, 0.2) is 6.19 Å². The molecule has 0 aromatic rings. The summed E-state index contributed by atoms with van der Waals surface area (Å²) in [6.07, 6.45) is 1.81. The van der Waals surface area contributed by atoms with Crippen molar-refractivity contribution in [1.82, 2.24) is 5.32 Å².